The van der Waals surface area contributed by atoms with Crippen LogP contribution >= 0.6 is 11.6 Å². The number of ether oxygens (including phenoxy) is 3. The number of aliphatic hydroxyl groups excluding tert-OH is 1. The van der Waals surface area contributed by atoms with E-state index in [0.717, 1.165) is 37.7 Å². The molecular weight excluding hydrogens is 392 g/mol. The number of benzene rings is 2. The summed E-state index contributed by atoms with van der Waals surface area (Å²) in [6, 6.07) is 15.4. The van der Waals surface area contributed by atoms with Crippen molar-refractivity contribution in [3.8, 4) is 11.5 Å². The molecule has 3 rings (SSSR count). The Hall–Kier alpha value is -1.99. The van der Waals surface area contributed by atoms with Crippen molar-refractivity contribution in [1.82, 2.24) is 0 Å². The second-order valence-electron chi connectivity index (χ2n) is 7.17. The minimum absolute atomic E-state index is 0.329. The normalized spacial score (nSPS) is 15.9. The van der Waals surface area contributed by atoms with E-state index in [1.165, 1.54) is 10.6 Å². The van der Waals surface area contributed by atoms with E-state index in [9.17, 15) is 5.11 Å². The molecule has 1 atom stereocenters. The van der Waals surface area contributed by atoms with E-state index >= 15 is 0 Å². The molecule has 1 fully saturated rings. The van der Waals surface area contributed by atoms with Gasteiger partial charge in [0.05, 0.1) is 46.5 Å². The molecule has 2 aromatic carbocycles. The number of rotatable bonds is 10. The van der Waals surface area contributed by atoms with Crippen LogP contribution in [0.1, 0.15) is 0 Å². The Labute approximate surface area is 177 Å². The first-order valence-electron chi connectivity index (χ1n) is 10.0. The third-order valence-corrected chi connectivity index (χ3v) is 5.30. The maximum Gasteiger partial charge on any atom is 0.126 e. The fraction of sp³-hybridized carbons (Fsp3) is 0.455. The van der Waals surface area contributed by atoms with Gasteiger partial charge in [0.1, 0.15) is 30.8 Å². The first kappa shape index (κ1) is 21.7. The average molecular weight is 422 g/mol. The molecule has 6 nitrogen and oxygen atoms in total. The summed E-state index contributed by atoms with van der Waals surface area (Å²) in [5, 5.41) is 10.9. The van der Waals surface area contributed by atoms with Crippen LogP contribution in [0.15, 0.2) is 48.5 Å². The molecule has 0 amide bonds. The summed E-state index contributed by atoms with van der Waals surface area (Å²) in [5.74, 6) is 1.64. The SMILES string of the molecule is COc1ccc(N2CC[NH+](C[C@@H](O)COCCOc3ccc(Cl)cc3)CC2)cc1. The van der Waals surface area contributed by atoms with Crippen LogP contribution in [-0.4, -0.2) is 70.9 Å². The molecule has 1 aliphatic rings. The minimum Gasteiger partial charge on any atom is -0.497 e. The van der Waals surface area contributed by atoms with Crippen molar-refractivity contribution in [3.05, 3.63) is 53.6 Å². The smallest absolute Gasteiger partial charge is 0.126 e. The molecule has 0 spiro atoms. The van der Waals surface area contributed by atoms with Gasteiger partial charge in [0.15, 0.2) is 0 Å². The summed E-state index contributed by atoms with van der Waals surface area (Å²) >= 11 is 5.84. The van der Waals surface area contributed by atoms with Gasteiger partial charge in [0.25, 0.3) is 0 Å². The highest BCUT2D eigenvalue weighted by molar-refractivity contribution is 6.30. The molecule has 1 saturated heterocycles. The first-order valence-corrected chi connectivity index (χ1v) is 10.4. The number of nitrogens with one attached hydrogen (secondary N) is 1. The molecule has 1 heterocycles. The lowest BCUT2D eigenvalue weighted by Crippen LogP contribution is -3.16. The summed E-state index contributed by atoms with van der Waals surface area (Å²) in [5.41, 5.74) is 1.22. The Morgan fingerprint density at radius 2 is 1.66 bits per heavy atom. The maximum atomic E-state index is 10.3. The minimum atomic E-state index is -0.465. The van der Waals surface area contributed by atoms with Crippen LogP contribution in [0.3, 0.4) is 0 Å². The average Bonchev–Trinajstić information content (AvgIpc) is 2.75. The van der Waals surface area contributed by atoms with E-state index in [-0.39, 0.29) is 0 Å². The molecule has 1 aliphatic heterocycles. The third-order valence-electron chi connectivity index (χ3n) is 5.05. The molecule has 0 aromatic heterocycles. The highest BCUT2D eigenvalue weighted by Crippen LogP contribution is 2.19. The summed E-state index contributed by atoms with van der Waals surface area (Å²) in [6.07, 6.45) is -0.465. The number of methoxy groups -OCH3 is 1. The van der Waals surface area contributed by atoms with Crippen molar-refractivity contribution in [1.29, 1.82) is 0 Å². The zero-order valence-corrected chi connectivity index (χ0v) is 17.6. The predicted octanol–water partition coefficient (Wildman–Crippen LogP) is 1.51. The van der Waals surface area contributed by atoms with Gasteiger partial charge in [-0.3, -0.25) is 0 Å². The van der Waals surface area contributed by atoms with Crippen molar-refractivity contribution < 1.29 is 24.2 Å². The summed E-state index contributed by atoms with van der Waals surface area (Å²) in [4.78, 5) is 3.78. The highest BCUT2D eigenvalue weighted by Gasteiger charge is 2.22. The lowest BCUT2D eigenvalue weighted by Gasteiger charge is -2.34. The van der Waals surface area contributed by atoms with Crippen LogP contribution in [0.2, 0.25) is 5.02 Å². The van der Waals surface area contributed by atoms with Crippen LogP contribution in [0.5, 0.6) is 11.5 Å². The lowest BCUT2D eigenvalue weighted by molar-refractivity contribution is -0.903. The van der Waals surface area contributed by atoms with E-state index in [2.05, 4.69) is 17.0 Å². The molecule has 0 aliphatic carbocycles. The van der Waals surface area contributed by atoms with E-state index in [1.807, 2.05) is 24.3 Å². The second-order valence-corrected chi connectivity index (χ2v) is 7.61. The Morgan fingerprint density at radius 1 is 1.00 bits per heavy atom. The Kier molecular flexibility index (Phi) is 8.43. The van der Waals surface area contributed by atoms with Gasteiger partial charge in [0, 0.05) is 10.7 Å². The van der Waals surface area contributed by atoms with Crippen molar-refractivity contribution in [2.75, 3.05) is 64.6 Å². The predicted molar refractivity (Wildman–Crippen MR) is 115 cm³/mol. The van der Waals surface area contributed by atoms with Crippen LogP contribution in [0.4, 0.5) is 5.69 Å². The molecule has 2 aromatic rings. The van der Waals surface area contributed by atoms with Gasteiger partial charge < -0.3 is 29.1 Å². The molecule has 0 unspecified atom stereocenters. The largest absolute Gasteiger partial charge is 0.497 e. The van der Waals surface area contributed by atoms with E-state index in [0.29, 0.717) is 31.4 Å². The Morgan fingerprint density at radius 3 is 2.31 bits per heavy atom. The molecule has 7 heteroatoms. The molecule has 2 N–H and O–H groups in total. The summed E-state index contributed by atoms with van der Waals surface area (Å²) < 4.78 is 16.4. The molecule has 29 heavy (non-hydrogen) atoms. The molecule has 0 radical (unpaired) electrons. The zero-order chi connectivity index (χ0) is 20.5. The quantitative estimate of drug-likeness (QED) is 0.569. The maximum absolute atomic E-state index is 10.3. The number of quaternary nitrogens is 1. The van der Waals surface area contributed by atoms with E-state index in [4.69, 9.17) is 25.8 Å². The monoisotopic (exact) mass is 421 g/mol. The topological polar surface area (TPSA) is 55.6 Å². The number of halogens is 1. The van der Waals surface area contributed by atoms with Gasteiger partial charge in [-0.15, -0.1) is 0 Å². The molecule has 0 saturated carbocycles. The van der Waals surface area contributed by atoms with Gasteiger partial charge >= 0.3 is 0 Å². The Bertz CT molecular complexity index is 719. The van der Waals surface area contributed by atoms with Gasteiger partial charge in [-0.25, -0.2) is 0 Å². The molecule has 158 valence electrons. The fourth-order valence-corrected chi connectivity index (χ4v) is 3.57. The molecule has 0 bridgehead atoms. The van der Waals surface area contributed by atoms with Gasteiger partial charge in [-0.05, 0) is 48.5 Å². The van der Waals surface area contributed by atoms with Crippen molar-refractivity contribution in [3.63, 3.8) is 0 Å². The number of hydrogen-bond acceptors (Lipinski definition) is 5. The van der Waals surface area contributed by atoms with Crippen molar-refractivity contribution >= 4 is 17.3 Å². The molecular formula is C22H30ClN2O4+. The van der Waals surface area contributed by atoms with Gasteiger partial charge in [-0.1, -0.05) is 11.6 Å². The summed E-state index contributed by atoms with van der Waals surface area (Å²) in [6.45, 7) is 5.88. The third kappa shape index (κ3) is 7.08. The highest BCUT2D eigenvalue weighted by atomic mass is 35.5. The van der Waals surface area contributed by atoms with Crippen LogP contribution in [0, 0.1) is 0 Å². The van der Waals surface area contributed by atoms with E-state index in [1.54, 1.807) is 19.2 Å². The van der Waals surface area contributed by atoms with Crippen LogP contribution in [-0.2, 0) is 4.74 Å². The van der Waals surface area contributed by atoms with E-state index < -0.39 is 6.10 Å². The second kappa shape index (κ2) is 11.3. The summed E-state index contributed by atoms with van der Waals surface area (Å²) in [7, 11) is 1.68. The Balaban J connectivity index is 1.28. The van der Waals surface area contributed by atoms with Gasteiger partial charge in [0.2, 0.25) is 0 Å². The van der Waals surface area contributed by atoms with Crippen LogP contribution < -0.4 is 19.3 Å². The van der Waals surface area contributed by atoms with Gasteiger partial charge in [-0.2, -0.15) is 0 Å². The number of aliphatic hydroxyl groups is 1. The number of anilines is 1. The standard InChI is InChI=1S/C22H29ClN2O4/c1-27-21-8-4-19(5-9-21)25-12-10-24(11-13-25)16-20(26)17-28-14-15-29-22-6-2-18(23)3-7-22/h2-9,20,26H,10-17H2,1H3/p+1/t20-/m1/s1. The zero-order valence-electron chi connectivity index (χ0n) is 16.9. The number of hydrogen-bond donors (Lipinski definition) is 2. The first-order chi connectivity index (χ1) is 14.1. The van der Waals surface area contributed by atoms with Crippen LogP contribution in [0.25, 0.3) is 0 Å². The van der Waals surface area contributed by atoms with Crippen molar-refractivity contribution in [2.45, 2.75) is 6.10 Å². The fourth-order valence-electron chi connectivity index (χ4n) is 3.44. The lowest BCUT2D eigenvalue weighted by atomic mass is 10.2. The number of nitrogens with zero attached hydrogens (tertiary/aromatic N) is 1. The van der Waals surface area contributed by atoms with Crippen molar-refractivity contribution in [2.24, 2.45) is 0 Å². The number of piperazine rings is 1.